The zero-order valence-corrected chi connectivity index (χ0v) is 24.5. The number of fused-ring (bicyclic) bond motifs is 1. The number of hydrogen-bond donors (Lipinski definition) is 3. The number of sulfonamides is 1. The van der Waals surface area contributed by atoms with Gasteiger partial charge in [-0.25, -0.2) is 18.1 Å². The van der Waals surface area contributed by atoms with Crippen LogP contribution in [0.25, 0.3) is 20.8 Å². The van der Waals surface area contributed by atoms with E-state index in [1.165, 1.54) is 48.8 Å². The molecule has 212 valence electrons. The molecule has 3 N–H and O–H groups in total. The highest BCUT2D eigenvalue weighted by atomic mass is 32.2. The molecule has 4 aliphatic rings. The minimum absolute atomic E-state index is 0.0383. The zero-order valence-electron chi connectivity index (χ0n) is 22.8. The Morgan fingerprint density at radius 3 is 2.39 bits per heavy atom. The summed E-state index contributed by atoms with van der Waals surface area (Å²) in [6.45, 7) is 2.02. The van der Waals surface area contributed by atoms with Crippen LogP contribution in [-0.2, 0) is 10.0 Å². The number of nitrogens with one attached hydrogen (secondary N) is 2. The molecule has 4 saturated carbocycles. The molecule has 4 fully saturated rings. The van der Waals surface area contributed by atoms with Gasteiger partial charge in [0.1, 0.15) is 10.8 Å². The van der Waals surface area contributed by atoms with Crippen LogP contribution in [0.2, 0.25) is 0 Å². The van der Waals surface area contributed by atoms with Crippen molar-refractivity contribution in [2.75, 3.05) is 5.32 Å². The van der Waals surface area contributed by atoms with Crippen molar-refractivity contribution in [3.8, 4) is 16.3 Å². The monoisotopic (exact) mass is 587 g/mol. The number of phenols is 1. The second-order valence-electron chi connectivity index (χ2n) is 12.3. The van der Waals surface area contributed by atoms with Gasteiger partial charge in [-0.1, -0.05) is 18.2 Å². The number of carbonyl (C=O) groups excluding carboxylic acids is 1. The number of thiazole rings is 1. The van der Waals surface area contributed by atoms with Crippen LogP contribution in [-0.4, -0.2) is 30.5 Å². The van der Waals surface area contributed by atoms with Gasteiger partial charge < -0.3 is 10.4 Å². The van der Waals surface area contributed by atoms with E-state index in [0.717, 1.165) is 47.2 Å². The van der Waals surface area contributed by atoms with E-state index in [9.17, 15) is 18.3 Å². The molecule has 0 aliphatic heterocycles. The van der Waals surface area contributed by atoms with Crippen LogP contribution in [0.5, 0.6) is 5.75 Å². The van der Waals surface area contributed by atoms with Crippen molar-refractivity contribution >= 4 is 43.2 Å². The first-order chi connectivity index (χ1) is 19.7. The Morgan fingerprint density at radius 1 is 0.976 bits per heavy atom. The number of carbonyl (C=O) groups is 1. The number of anilines is 1. The number of benzene rings is 3. The molecule has 1 heterocycles. The van der Waals surface area contributed by atoms with Gasteiger partial charge in [-0.15, -0.1) is 11.3 Å². The quantitative estimate of drug-likeness (QED) is 0.206. The molecular weight excluding hydrogens is 555 g/mol. The van der Waals surface area contributed by atoms with Crippen LogP contribution in [0.15, 0.2) is 71.6 Å². The van der Waals surface area contributed by atoms with Crippen molar-refractivity contribution < 1.29 is 18.3 Å². The molecule has 0 saturated heterocycles. The normalized spacial score (nSPS) is 25.8. The summed E-state index contributed by atoms with van der Waals surface area (Å²) in [7, 11) is -3.81. The predicted octanol–water partition coefficient (Wildman–Crippen LogP) is 6.80. The van der Waals surface area contributed by atoms with E-state index < -0.39 is 15.9 Å². The highest BCUT2D eigenvalue weighted by Gasteiger charge is 2.53. The number of para-hydroxylation sites is 1. The van der Waals surface area contributed by atoms with Crippen molar-refractivity contribution in [3.63, 3.8) is 0 Å². The summed E-state index contributed by atoms with van der Waals surface area (Å²) < 4.78 is 31.0. The fourth-order valence-electron chi connectivity index (χ4n) is 7.91. The molecule has 1 amide bonds. The fourth-order valence-corrected chi connectivity index (χ4v) is 10.3. The van der Waals surface area contributed by atoms with Crippen LogP contribution in [0.1, 0.15) is 55.8 Å². The van der Waals surface area contributed by atoms with Crippen LogP contribution >= 0.6 is 11.3 Å². The molecular formula is C32H33N3O4S2. The number of aromatic hydroxyl groups is 1. The summed E-state index contributed by atoms with van der Waals surface area (Å²) in [5.74, 6) is 1.83. The first-order valence-corrected chi connectivity index (χ1v) is 16.6. The highest BCUT2D eigenvalue weighted by molar-refractivity contribution is 7.89. The number of nitrogens with zero attached hydrogens (tertiary/aromatic N) is 1. The molecule has 0 radical (unpaired) electrons. The lowest BCUT2D eigenvalue weighted by molar-refractivity contribution is -0.0666. The average Bonchev–Trinajstić information content (AvgIpc) is 3.37. The van der Waals surface area contributed by atoms with E-state index >= 15 is 0 Å². The number of hydrogen-bond acceptors (Lipinski definition) is 6. The number of aromatic nitrogens is 1. The minimum atomic E-state index is -3.81. The lowest BCUT2D eigenvalue weighted by Gasteiger charge is -2.59. The molecule has 7 nitrogen and oxygen atoms in total. The van der Waals surface area contributed by atoms with E-state index in [-0.39, 0.29) is 27.7 Å². The third-order valence-corrected chi connectivity index (χ3v) is 12.1. The topological polar surface area (TPSA) is 108 Å². The van der Waals surface area contributed by atoms with Gasteiger partial charge in [-0.05, 0) is 117 Å². The molecule has 4 aromatic rings. The first-order valence-electron chi connectivity index (χ1n) is 14.3. The van der Waals surface area contributed by atoms with Crippen molar-refractivity contribution in [1.82, 2.24) is 9.71 Å². The Hall–Kier alpha value is -3.27. The predicted molar refractivity (Wildman–Crippen MR) is 162 cm³/mol. The summed E-state index contributed by atoms with van der Waals surface area (Å²) in [5, 5.41) is 14.0. The van der Waals surface area contributed by atoms with Crippen molar-refractivity contribution in [2.45, 2.75) is 56.4 Å². The first kappa shape index (κ1) is 26.6. The maximum Gasteiger partial charge on any atom is 0.255 e. The van der Waals surface area contributed by atoms with E-state index in [0.29, 0.717) is 16.3 Å². The number of rotatable bonds is 7. The van der Waals surface area contributed by atoms with Gasteiger partial charge in [0, 0.05) is 17.3 Å². The number of phenolic OH excluding ortho intramolecular Hbond substituents is 1. The van der Waals surface area contributed by atoms with Gasteiger partial charge in [0.15, 0.2) is 0 Å². The number of amides is 1. The summed E-state index contributed by atoms with van der Waals surface area (Å²) in [6, 6.07) is 18.6. The smallest absolute Gasteiger partial charge is 0.255 e. The standard InChI is InChI=1S/C32H33N3O4S2/c1-19(32-16-20-11-21(17-32)13-22(12-20)18-32)35-41(38,39)25-6-4-5-23(14-25)30(37)33-24-9-10-28(36)26(15-24)31-34-27-7-2-3-8-29(27)40-31/h2-10,14-15,19-22,35-36H,11-13,16-18H2,1H3,(H,33,37). The van der Waals surface area contributed by atoms with Crippen molar-refractivity contribution in [1.29, 1.82) is 0 Å². The van der Waals surface area contributed by atoms with E-state index in [2.05, 4.69) is 15.0 Å². The lowest BCUT2D eigenvalue weighted by Crippen LogP contribution is -2.55. The van der Waals surface area contributed by atoms with Gasteiger partial charge in [0.2, 0.25) is 10.0 Å². The van der Waals surface area contributed by atoms with Crippen molar-refractivity contribution in [2.24, 2.45) is 23.2 Å². The van der Waals surface area contributed by atoms with Crippen LogP contribution in [0.3, 0.4) is 0 Å². The Morgan fingerprint density at radius 2 is 1.68 bits per heavy atom. The third-order valence-electron chi connectivity index (χ3n) is 9.52. The Balaban J connectivity index is 1.09. The molecule has 1 aromatic heterocycles. The van der Waals surface area contributed by atoms with Gasteiger partial charge in [-0.3, -0.25) is 4.79 Å². The summed E-state index contributed by atoms with van der Waals surface area (Å²) >= 11 is 1.46. The Bertz CT molecular complexity index is 1700. The lowest BCUT2D eigenvalue weighted by atomic mass is 9.48. The molecule has 3 aromatic carbocycles. The molecule has 0 spiro atoms. The summed E-state index contributed by atoms with van der Waals surface area (Å²) in [4.78, 5) is 17.9. The second-order valence-corrected chi connectivity index (χ2v) is 15.1. The molecule has 1 atom stereocenters. The van der Waals surface area contributed by atoms with Gasteiger partial charge in [0.25, 0.3) is 5.91 Å². The molecule has 4 bridgehead atoms. The van der Waals surface area contributed by atoms with Crippen LogP contribution in [0.4, 0.5) is 5.69 Å². The van der Waals surface area contributed by atoms with Gasteiger partial charge in [0.05, 0.1) is 20.7 Å². The van der Waals surface area contributed by atoms with E-state index in [1.54, 1.807) is 24.3 Å². The molecule has 4 aliphatic carbocycles. The fraction of sp³-hybridized carbons (Fsp3) is 0.375. The van der Waals surface area contributed by atoms with Crippen LogP contribution < -0.4 is 10.0 Å². The molecule has 1 unspecified atom stereocenters. The minimum Gasteiger partial charge on any atom is -0.507 e. The van der Waals surface area contributed by atoms with E-state index in [4.69, 9.17) is 0 Å². The SMILES string of the molecule is CC(NS(=O)(=O)c1cccc(C(=O)Nc2ccc(O)c(-c3nc4ccccc4s3)c2)c1)C12CC3CC(CC(C3)C1)C2. The third kappa shape index (κ3) is 4.94. The molecule has 9 heteroatoms. The Kier molecular flexibility index (Phi) is 6.44. The molecule has 8 rings (SSSR count). The van der Waals surface area contributed by atoms with Gasteiger partial charge in [-0.2, -0.15) is 0 Å². The van der Waals surface area contributed by atoms with Crippen LogP contribution in [0, 0.1) is 23.2 Å². The maximum atomic E-state index is 13.5. The summed E-state index contributed by atoms with van der Waals surface area (Å²) in [6.07, 6.45) is 7.24. The van der Waals surface area contributed by atoms with Crippen molar-refractivity contribution in [3.05, 3.63) is 72.3 Å². The second kappa shape index (κ2) is 9.93. The van der Waals surface area contributed by atoms with Gasteiger partial charge >= 0.3 is 0 Å². The molecule has 41 heavy (non-hydrogen) atoms. The summed E-state index contributed by atoms with van der Waals surface area (Å²) in [5.41, 5.74) is 2.11. The Labute approximate surface area is 244 Å². The largest absolute Gasteiger partial charge is 0.507 e. The maximum absolute atomic E-state index is 13.5. The van der Waals surface area contributed by atoms with E-state index in [1.807, 2.05) is 31.2 Å². The zero-order chi connectivity index (χ0) is 28.4. The highest BCUT2D eigenvalue weighted by Crippen LogP contribution is 2.61. The average molecular weight is 588 g/mol.